The van der Waals surface area contributed by atoms with Gasteiger partial charge in [0.05, 0.1) is 0 Å². The van der Waals surface area contributed by atoms with Crippen LogP contribution in [0.3, 0.4) is 0 Å². The van der Waals surface area contributed by atoms with E-state index in [4.69, 9.17) is 0 Å². The minimum atomic E-state index is 0. The van der Waals surface area contributed by atoms with Crippen LogP contribution >= 0.6 is 24.0 Å². The van der Waals surface area contributed by atoms with Crippen LogP contribution in [0.4, 0.5) is 0 Å². The highest BCUT2D eigenvalue weighted by molar-refractivity contribution is 14.0. The highest BCUT2D eigenvalue weighted by Crippen LogP contribution is 1.93. The Morgan fingerprint density at radius 1 is 1.42 bits per heavy atom. The Kier molecular flexibility index (Phi) is 6.99. The molecule has 2 nitrogen and oxygen atoms in total. The van der Waals surface area contributed by atoms with E-state index in [0.717, 1.165) is 13.1 Å². The Morgan fingerprint density at radius 3 is 2.67 bits per heavy atom. The first kappa shape index (κ1) is 11.6. The van der Waals surface area contributed by atoms with E-state index in [1.165, 1.54) is 5.56 Å². The highest BCUT2D eigenvalue weighted by Gasteiger charge is 1.87. The van der Waals surface area contributed by atoms with Gasteiger partial charge in [0.25, 0.3) is 0 Å². The van der Waals surface area contributed by atoms with E-state index < -0.39 is 0 Å². The first-order valence-electron chi connectivity index (χ1n) is 3.64. The molecule has 1 rings (SSSR count). The van der Waals surface area contributed by atoms with Crippen molar-refractivity contribution < 1.29 is 0 Å². The summed E-state index contributed by atoms with van der Waals surface area (Å²) >= 11 is 0. The van der Waals surface area contributed by atoms with Gasteiger partial charge in [-0.2, -0.15) is 0 Å². The second-order valence-corrected chi connectivity index (χ2v) is 2.28. The minimum absolute atomic E-state index is 0. The van der Waals surface area contributed by atoms with Crippen molar-refractivity contribution >= 4 is 24.0 Å². The lowest BCUT2D eigenvalue weighted by atomic mass is 10.3. The van der Waals surface area contributed by atoms with Gasteiger partial charge < -0.3 is 5.32 Å². The molecule has 0 unspecified atom stereocenters. The maximum absolute atomic E-state index is 3.93. The first-order chi connectivity index (χ1) is 5.43. The van der Waals surface area contributed by atoms with Gasteiger partial charge in [-0.15, -0.1) is 30.6 Å². The Balaban J connectivity index is 0.00000121. The zero-order valence-electron chi connectivity index (χ0n) is 6.86. The Hall–Kier alpha value is -0.420. The molecular weight excluding hydrogens is 263 g/mol. The fourth-order valence-electron chi connectivity index (χ4n) is 0.819. The predicted octanol–water partition coefficient (Wildman–Crippen LogP) is 1.98. The van der Waals surface area contributed by atoms with Gasteiger partial charge in [0.15, 0.2) is 0 Å². The average molecular weight is 276 g/mol. The smallest absolute Gasteiger partial charge is 0.0271 e. The molecule has 0 atom stereocenters. The van der Waals surface area contributed by atoms with Crippen molar-refractivity contribution in [3.8, 4) is 0 Å². The lowest BCUT2D eigenvalue weighted by Gasteiger charge is -1.99. The maximum atomic E-state index is 3.93. The molecule has 1 heterocycles. The standard InChI is InChI=1S/C9H12N2.HI/c1-2-5-11-8-9-3-6-10-7-4-9;/h2-4,6-7,11H,1,5,8H2;1H. The summed E-state index contributed by atoms with van der Waals surface area (Å²) in [7, 11) is 0. The van der Waals surface area contributed by atoms with Crippen molar-refractivity contribution in [1.29, 1.82) is 0 Å². The SMILES string of the molecule is C=CCNCc1ccncc1.I. The van der Waals surface area contributed by atoms with Crippen LogP contribution in [-0.2, 0) is 6.54 Å². The fourth-order valence-corrected chi connectivity index (χ4v) is 0.819. The van der Waals surface area contributed by atoms with Crippen molar-refractivity contribution in [1.82, 2.24) is 10.3 Å². The Bertz CT molecular complexity index is 211. The summed E-state index contributed by atoms with van der Waals surface area (Å²) in [6, 6.07) is 3.99. The van der Waals surface area contributed by atoms with E-state index in [9.17, 15) is 0 Å². The fraction of sp³-hybridized carbons (Fsp3) is 0.222. The van der Waals surface area contributed by atoms with Crippen LogP contribution in [0.1, 0.15) is 5.56 Å². The molecule has 0 amide bonds. The van der Waals surface area contributed by atoms with Gasteiger partial charge in [-0.3, -0.25) is 4.98 Å². The van der Waals surface area contributed by atoms with Crippen LogP contribution < -0.4 is 5.32 Å². The molecule has 0 saturated heterocycles. The third kappa shape index (κ3) is 4.46. The van der Waals surface area contributed by atoms with E-state index in [0.29, 0.717) is 0 Å². The molecule has 0 aliphatic carbocycles. The largest absolute Gasteiger partial charge is 0.309 e. The van der Waals surface area contributed by atoms with Crippen LogP contribution in [0.25, 0.3) is 0 Å². The summed E-state index contributed by atoms with van der Waals surface area (Å²) < 4.78 is 0. The molecule has 0 bridgehead atoms. The monoisotopic (exact) mass is 276 g/mol. The second-order valence-electron chi connectivity index (χ2n) is 2.28. The lowest BCUT2D eigenvalue weighted by molar-refractivity contribution is 0.759. The van der Waals surface area contributed by atoms with Crippen LogP contribution in [0, 0.1) is 0 Å². The molecule has 0 aliphatic heterocycles. The van der Waals surface area contributed by atoms with Crippen molar-refractivity contribution in [3.63, 3.8) is 0 Å². The zero-order valence-corrected chi connectivity index (χ0v) is 9.19. The maximum Gasteiger partial charge on any atom is 0.0271 e. The van der Waals surface area contributed by atoms with Crippen molar-refractivity contribution in [2.45, 2.75) is 6.54 Å². The minimum Gasteiger partial charge on any atom is -0.309 e. The molecule has 0 aromatic carbocycles. The number of halogens is 1. The number of rotatable bonds is 4. The van der Waals surface area contributed by atoms with Crippen molar-refractivity contribution in [3.05, 3.63) is 42.7 Å². The molecule has 0 spiro atoms. The summed E-state index contributed by atoms with van der Waals surface area (Å²) in [5.41, 5.74) is 1.25. The second kappa shape index (κ2) is 7.24. The molecular formula is C9H13IN2. The summed E-state index contributed by atoms with van der Waals surface area (Å²) in [4.78, 5) is 3.93. The van der Waals surface area contributed by atoms with Gasteiger partial charge in [-0.25, -0.2) is 0 Å². The van der Waals surface area contributed by atoms with E-state index in [-0.39, 0.29) is 24.0 Å². The Morgan fingerprint density at radius 2 is 2.08 bits per heavy atom. The van der Waals surface area contributed by atoms with Gasteiger partial charge in [-0.05, 0) is 17.7 Å². The van der Waals surface area contributed by atoms with E-state index in [1.807, 2.05) is 18.2 Å². The number of pyridine rings is 1. The number of nitrogens with one attached hydrogen (secondary N) is 1. The average Bonchev–Trinajstić information content (AvgIpc) is 2.07. The predicted molar refractivity (Wildman–Crippen MR) is 61.6 cm³/mol. The third-order valence-electron chi connectivity index (χ3n) is 1.37. The van der Waals surface area contributed by atoms with Crippen LogP contribution in [0.5, 0.6) is 0 Å². The third-order valence-corrected chi connectivity index (χ3v) is 1.37. The topological polar surface area (TPSA) is 24.9 Å². The van der Waals surface area contributed by atoms with Gasteiger partial charge >= 0.3 is 0 Å². The number of nitrogens with zero attached hydrogens (tertiary/aromatic N) is 1. The summed E-state index contributed by atoms with van der Waals surface area (Å²) in [5, 5.41) is 3.21. The molecule has 0 radical (unpaired) electrons. The summed E-state index contributed by atoms with van der Waals surface area (Å²) in [6.45, 7) is 5.35. The molecule has 1 N–H and O–H groups in total. The molecule has 1 aromatic heterocycles. The van der Waals surface area contributed by atoms with Crippen LogP contribution in [0.15, 0.2) is 37.2 Å². The Labute approximate surface area is 90.1 Å². The lowest BCUT2D eigenvalue weighted by Crippen LogP contribution is -2.12. The van der Waals surface area contributed by atoms with E-state index in [2.05, 4.69) is 16.9 Å². The zero-order chi connectivity index (χ0) is 7.94. The van der Waals surface area contributed by atoms with Gasteiger partial charge in [0.1, 0.15) is 0 Å². The molecule has 66 valence electrons. The first-order valence-corrected chi connectivity index (χ1v) is 3.64. The normalized spacial score (nSPS) is 8.67. The quantitative estimate of drug-likeness (QED) is 0.516. The molecule has 0 aliphatic rings. The van der Waals surface area contributed by atoms with Gasteiger partial charge in [-0.1, -0.05) is 6.08 Å². The van der Waals surface area contributed by atoms with Crippen LogP contribution in [0.2, 0.25) is 0 Å². The highest BCUT2D eigenvalue weighted by atomic mass is 127. The van der Waals surface area contributed by atoms with Crippen molar-refractivity contribution in [2.75, 3.05) is 6.54 Å². The number of hydrogen-bond acceptors (Lipinski definition) is 2. The molecule has 0 saturated carbocycles. The van der Waals surface area contributed by atoms with Crippen LogP contribution in [-0.4, -0.2) is 11.5 Å². The molecule has 1 aromatic rings. The van der Waals surface area contributed by atoms with Gasteiger partial charge in [0.2, 0.25) is 0 Å². The molecule has 0 fully saturated rings. The summed E-state index contributed by atoms with van der Waals surface area (Å²) in [5.74, 6) is 0. The van der Waals surface area contributed by atoms with E-state index in [1.54, 1.807) is 12.4 Å². The number of aromatic nitrogens is 1. The van der Waals surface area contributed by atoms with E-state index >= 15 is 0 Å². The molecule has 3 heteroatoms. The molecule has 12 heavy (non-hydrogen) atoms. The number of hydrogen-bond donors (Lipinski definition) is 1. The summed E-state index contributed by atoms with van der Waals surface area (Å²) in [6.07, 6.45) is 5.44. The van der Waals surface area contributed by atoms with Gasteiger partial charge in [0, 0.05) is 25.5 Å². The van der Waals surface area contributed by atoms with Crippen molar-refractivity contribution in [2.24, 2.45) is 0 Å².